The fourth-order valence-electron chi connectivity index (χ4n) is 4.83. The number of rotatable bonds is 8. The lowest BCUT2D eigenvalue weighted by molar-refractivity contribution is 0.848. The first kappa shape index (κ1) is 22.0. The maximum absolute atomic E-state index is 4.90. The van der Waals surface area contributed by atoms with Gasteiger partial charge < -0.3 is 19.9 Å². The zero-order chi connectivity index (χ0) is 24.5. The van der Waals surface area contributed by atoms with E-state index in [0.29, 0.717) is 0 Å². The fourth-order valence-corrected chi connectivity index (χ4v) is 4.83. The van der Waals surface area contributed by atoms with E-state index >= 15 is 0 Å². The maximum atomic E-state index is 4.90. The highest BCUT2D eigenvalue weighted by Gasteiger charge is 2.13. The van der Waals surface area contributed by atoms with Gasteiger partial charge >= 0.3 is 0 Å². The smallest absolute Gasteiger partial charge is 0.137 e. The summed E-state index contributed by atoms with van der Waals surface area (Å²) in [4.78, 5) is 31.8. The van der Waals surface area contributed by atoms with Gasteiger partial charge in [-0.15, -0.1) is 0 Å². The van der Waals surface area contributed by atoms with Crippen LogP contribution in [0.25, 0.3) is 44.8 Å². The zero-order valence-corrected chi connectivity index (χ0v) is 20.4. The average Bonchev–Trinajstić information content (AvgIpc) is 3.71. The monoisotopic (exact) mass is 476 g/mol. The summed E-state index contributed by atoms with van der Waals surface area (Å²) in [5, 5.41) is 0. The standard InChI is InChI=1S/C28H28N8/c1-3-17(15-25-33-21-7-5-19(13-23(21)35-25)27-29-9-10-30-27)18(4-2)16-26-34-22-8-6-20(14-24(22)36-26)28-31-11-12-32-28/h5-14H,3-4,15-16H2,1-2H3,(H,29,30)(H,31,32)(H,33,35)(H,34,36). The summed E-state index contributed by atoms with van der Waals surface area (Å²) >= 11 is 0. The third kappa shape index (κ3) is 4.22. The molecule has 0 spiro atoms. The van der Waals surface area contributed by atoms with Crippen LogP contribution in [-0.2, 0) is 12.8 Å². The average molecular weight is 477 g/mol. The van der Waals surface area contributed by atoms with E-state index in [1.165, 1.54) is 11.1 Å². The lowest BCUT2D eigenvalue weighted by Crippen LogP contribution is -2.01. The highest BCUT2D eigenvalue weighted by Crippen LogP contribution is 2.26. The van der Waals surface area contributed by atoms with Gasteiger partial charge in [-0.05, 0) is 49.2 Å². The van der Waals surface area contributed by atoms with Crippen molar-refractivity contribution in [1.82, 2.24) is 39.9 Å². The summed E-state index contributed by atoms with van der Waals surface area (Å²) in [5.41, 5.74) is 8.86. The summed E-state index contributed by atoms with van der Waals surface area (Å²) < 4.78 is 0. The van der Waals surface area contributed by atoms with E-state index in [4.69, 9.17) is 9.97 Å². The van der Waals surface area contributed by atoms with Crippen molar-refractivity contribution >= 4 is 22.1 Å². The largest absolute Gasteiger partial charge is 0.345 e. The van der Waals surface area contributed by atoms with E-state index in [9.17, 15) is 0 Å². The molecule has 180 valence electrons. The van der Waals surface area contributed by atoms with Gasteiger partial charge in [-0.2, -0.15) is 0 Å². The Balaban J connectivity index is 1.26. The molecule has 0 aliphatic carbocycles. The van der Waals surface area contributed by atoms with Gasteiger partial charge in [0.05, 0.1) is 22.1 Å². The lowest BCUT2D eigenvalue weighted by atomic mass is 9.97. The number of aromatic nitrogens is 8. The van der Waals surface area contributed by atoms with Crippen molar-refractivity contribution in [3.05, 3.63) is 84.0 Å². The predicted octanol–water partition coefficient (Wildman–Crippen LogP) is 6.12. The zero-order valence-electron chi connectivity index (χ0n) is 20.4. The molecule has 36 heavy (non-hydrogen) atoms. The number of allylic oxidation sites excluding steroid dienone is 2. The molecule has 4 aromatic heterocycles. The molecule has 6 aromatic rings. The number of fused-ring (bicyclic) bond motifs is 2. The second-order valence-electron chi connectivity index (χ2n) is 8.97. The molecule has 0 aliphatic heterocycles. The highest BCUT2D eigenvalue weighted by atomic mass is 14.9. The molecular weight excluding hydrogens is 448 g/mol. The van der Waals surface area contributed by atoms with Gasteiger partial charge in [0, 0.05) is 48.8 Å². The Morgan fingerprint density at radius 2 is 1.14 bits per heavy atom. The van der Waals surface area contributed by atoms with Crippen LogP contribution in [0.5, 0.6) is 0 Å². The molecule has 8 nitrogen and oxygen atoms in total. The molecule has 0 atom stereocenters. The van der Waals surface area contributed by atoms with Gasteiger partial charge in [-0.3, -0.25) is 0 Å². The molecule has 0 fully saturated rings. The van der Waals surface area contributed by atoms with Crippen LogP contribution in [0.4, 0.5) is 0 Å². The van der Waals surface area contributed by atoms with Crippen LogP contribution in [0, 0.1) is 0 Å². The molecule has 0 unspecified atom stereocenters. The van der Waals surface area contributed by atoms with Gasteiger partial charge in [-0.1, -0.05) is 25.0 Å². The van der Waals surface area contributed by atoms with Crippen LogP contribution in [0.3, 0.4) is 0 Å². The summed E-state index contributed by atoms with van der Waals surface area (Å²) in [7, 11) is 0. The van der Waals surface area contributed by atoms with Gasteiger partial charge in [0.2, 0.25) is 0 Å². The number of nitrogens with zero attached hydrogens (tertiary/aromatic N) is 4. The van der Waals surface area contributed by atoms with Crippen molar-refractivity contribution in [2.75, 3.05) is 0 Å². The Kier molecular flexibility index (Phi) is 5.69. The van der Waals surface area contributed by atoms with Crippen LogP contribution < -0.4 is 0 Å². The Labute approximate surface area is 208 Å². The number of aromatic amines is 4. The summed E-state index contributed by atoms with van der Waals surface area (Å²) in [5.74, 6) is 3.67. The fraction of sp³-hybridized carbons (Fsp3) is 0.214. The molecule has 6 rings (SSSR count). The Hall–Kier alpha value is -4.46. The van der Waals surface area contributed by atoms with Gasteiger partial charge in [-0.25, -0.2) is 19.9 Å². The second-order valence-corrected chi connectivity index (χ2v) is 8.97. The van der Waals surface area contributed by atoms with Crippen LogP contribution in [-0.4, -0.2) is 39.9 Å². The van der Waals surface area contributed by atoms with Crippen molar-refractivity contribution in [2.24, 2.45) is 0 Å². The Bertz CT molecular complexity index is 1520. The SMILES string of the molecule is CCC(Cc1nc2cc(-c3ncc[nH]3)ccc2[nH]1)=C(CC)Cc1nc2cc(-c3ncc[nH]3)ccc2[nH]1. The minimum atomic E-state index is 0.799. The highest BCUT2D eigenvalue weighted by molar-refractivity contribution is 5.81. The number of hydrogen-bond acceptors (Lipinski definition) is 4. The minimum Gasteiger partial charge on any atom is -0.345 e. The van der Waals surface area contributed by atoms with Crippen molar-refractivity contribution in [2.45, 2.75) is 39.5 Å². The van der Waals surface area contributed by atoms with E-state index in [-0.39, 0.29) is 0 Å². The molecule has 0 saturated carbocycles. The van der Waals surface area contributed by atoms with Crippen molar-refractivity contribution in [3.8, 4) is 22.8 Å². The van der Waals surface area contributed by atoms with E-state index < -0.39 is 0 Å². The summed E-state index contributed by atoms with van der Waals surface area (Å²) in [6.07, 6.45) is 10.7. The third-order valence-electron chi connectivity index (χ3n) is 6.72. The van der Waals surface area contributed by atoms with E-state index in [0.717, 1.165) is 82.2 Å². The molecule has 0 radical (unpaired) electrons. The van der Waals surface area contributed by atoms with Gasteiger partial charge in [0.15, 0.2) is 0 Å². The molecule has 4 N–H and O–H groups in total. The predicted molar refractivity (Wildman–Crippen MR) is 142 cm³/mol. The summed E-state index contributed by atoms with van der Waals surface area (Å²) in [6, 6.07) is 12.4. The van der Waals surface area contributed by atoms with Crippen LogP contribution in [0.15, 0.2) is 72.3 Å². The normalized spacial score (nSPS) is 12.5. The van der Waals surface area contributed by atoms with Gasteiger partial charge in [0.25, 0.3) is 0 Å². The molecule has 0 saturated heterocycles. The van der Waals surface area contributed by atoms with E-state index in [2.05, 4.69) is 80.1 Å². The first-order valence-electron chi connectivity index (χ1n) is 12.4. The van der Waals surface area contributed by atoms with Crippen LogP contribution in [0.2, 0.25) is 0 Å². The molecule has 2 aromatic carbocycles. The Morgan fingerprint density at radius 3 is 1.53 bits per heavy atom. The van der Waals surface area contributed by atoms with Crippen molar-refractivity contribution in [1.29, 1.82) is 0 Å². The van der Waals surface area contributed by atoms with Crippen LogP contribution in [0.1, 0.15) is 38.3 Å². The molecule has 4 heterocycles. The Morgan fingerprint density at radius 1 is 0.667 bits per heavy atom. The molecular formula is C28H28N8. The van der Waals surface area contributed by atoms with E-state index in [1.54, 1.807) is 12.4 Å². The third-order valence-corrected chi connectivity index (χ3v) is 6.72. The molecule has 0 bridgehead atoms. The first-order chi connectivity index (χ1) is 17.7. The van der Waals surface area contributed by atoms with Gasteiger partial charge in [0.1, 0.15) is 23.3 Å². The first-order valence-corrected chi connectivity index (χ1v) is 12.4. The number of imidazole rings is 4. The number of H-pyrrole nitrogens is 4. The maximum Gasteiger partial charge on any atom is 0.137 e. The van der Waals surface area contributed by atoms with Crippen molar-refractivity contribution < 1.29 is 0 Å². The molecule has 0 aliphatic rings. The van der Waals surface area contributed by atoms with Crippen LogP contribution >= 0.6 is 0 Å². The van der Waals surface area contributed by atoms with Crippen molar-refractivity contribution in [3.63, 3.8) is 0 Å². The number of benzene rings is 2. The lowest BCUT2D eigenvalue weighted by Gasteiger charge is -2.11. The topological polar surface area (TPSA) is 115 Å². The quantitative estimate of drug-likeness (QED) is 0.198. The molecule has 0 amide bonds. The number of hydrogen-bond donors (Lipinski definition) is 4. The molecule has 8 heteroatoms. The second kappa shape index (κ2) is 9.30. The minimum absolute atomic E-state index is 0.799. The summed E-state index contributed by atoms with van der Waals surface area (Å²) in [6.45, 7) is 4.44. The number of nitrogens with one attached hydrogen (secondary N) is 4. The van der Waals surface area contributed by atoms with E-state index in [1.807, 2.05) is 12.4 Å².